The molecule has 1 aliphatic rings. The van der Waals surface area contributed by atoms with Gasteiger partial charge in [-0.1, -0.05) is 6.07 Å². The highest BCUT2D eigenvalue weighted by molar-refractivity contribution is 7.90. The molecule has 1 saturated carbocycles. The van der Waals surface area contributed by atoms with E-state index in [1.807, 2.05) is 13.8 Å². The molecule has 2 heterocycles. The third kappa shape index (κ3) is 5.12. The first kappa shape index (κ1) is 27.1. The fourth-order valence-corrected chi connectivity index (χ4v) is 6.71. The predicted octanol–water partition coefficient (Wildman–Crippen LogP) is 5.64. The summed E-state index contributed by atoms with van der Waals surface area (Å²) in [5.41, 5.74) is 13.7. The molecule has 0 bridgehead atoms. The van der Waals surface area contributed by atoms with E-state index in [1.54, 1.807) is 10.9 Å². The van der Waals surface area contributed by atoms with E-state index in [9.17, 15) is 12.8 Å². The molecule has 0 saturated heterocycles. The van der Waals surface area contributed by atoms with Gasteiger partial charge in [0, 0.05) is 29.4 Å². The average Bonchev–Trinajstić information content (AvgIpc) is 3.28. The van der Waals surface area contributed by atoms with E-state index in [-0.39, 0.29) is 45.5 Å². The molecule has 5 rings (SSSR count). The summed E-state index contributed by atoms with van der Waals surface area (Å²) in [4.78, 5) is 4.07. The molecule has 0 spiro atoms. The van der Waals surface area contributed by atoms with Crippen LogP contribution >= 0.6 is 0 Å². The Bertz CT molecular complexity index is 1660. The first-order chi connectivity index (χ1) is 18.5. The van der Waals surface area contributed by atoms with Crippen molar-refractivity contribution < 1.29 is 21.6 Å². The number of rotatable bonds is 6. The first-order valence-corrected chi connectivity index (χ1v) is 14.5. The Balaban J connectivity index is 1.61. The van der Waals surface area contributed by atoms with Crippen LogP contribution in [0, 0.1) is 17.5 Å². The minimum atomic E-state index is -4.13. The highest BCUT2D eigenvalue weighted by atomic mass is 32.2. The van der Waals surface area contributed by atoms with Crippen molar-refractivity contribution in [2.45, 2.75) is 68.2 Å². The van der Waals surface area contributed by atoms with Gasteiger partial charge in [0.05, 0.1) is 21.6 Å². The molecule has 4 N–H and O–H groups in total. The maximum Gasteiger partial charge on any atom is 0.182 e. The van der Waals surface area contributed by atoms with Crippen molar-refractivity contribution in [3.8, 4) is 11.3 Å². The fraction of sp³-hybridized carbons (Fsp3) is 0.357. The number of hydrogen-bond acceptors (Lipinski definition) is 6. The molecule has 1 aliphatic carbocycles. The SMILES string of the molecule is CC(C)n1nc(-c2cc(F)c(CS(=O)(=O)c3cccc(F)c3)cc2F)c2c(N)ncc(C3CCC(N)CC3)c21. The molecule has 11 heteroatoms. The normalized spacial score (nSPS) is 18.2. The quantitative estimate of drug-likeness (QED) is 0.317. The number of nitrogens with zero attached hydrogens (tertiary/aromatic N) is 3. The second-order valence-electron chi connectivity index (χ2n) is 10.5. The van der Waals surface area contributed by atoms with E-state index in [1.165, 1.54) is 12.1 Å². The largest absolute Gasteiger partial charge is 0.383 e. The number of halogens is 3. The van der Waals surface area contributed by atoms with Crippen molar-refractivity contribution in [2.75, 3.05) is 5.73 Å². The Kier molecular flexibility index (Phi) is 7.15. The van der Waals surface area contributed by atoms with Crippen molar-refractivity contribution in [3.63, 3.8) is 0 Å². The number of sulfone groups is 1. The van der Waals surface area contributed by atoms with Gasteiger partial charge in [0.15, 0.2) is 9.84 Å². The van der Waals surface area contributed by atoms with Gasteiger partial charge in [0.1, 0.15) is 29.0 Å². The van der Waals surface area contributed by atoms with Gasteiger partial charge >= 0.3 is 0 Å². The summed E-state index contributed by atoms with van der Waals surface area (Å²) in [6.45, 7) is 3.87. The Hall–Kier alpha value is -3.44. The van der Waals surface area contributed by atoms with Gasteiger partial charge in [-0.25, -0.2) is 26.6 Å². The van der Waals surface area contributed by atoms with Crippen LogP contribution < -0.4 is 11.5 Å². The van der Waals surface area contributed by atoms with Crippen LogP contribution in [-0.2, 0) is 15.6 Å². The van der Waals surface area contributed by atoms with Crippen LogP contribution in [0.25, 0.3) is 22.2 Å². The van der Waals surface area contributed by atoms with Crippen LogP contribution in [0.15, 0.2) is 47.5 Å². The first-order valence-electron chi connectivity index (χ1n) is 12.8. The number of hydrogen-bond donors (Lipinski definition) is 2. The minimum absolute atomic E-state index is 0.115. The molecule has 0 radical (unpaired) electrons. The van der Waals surface area contributed by atoms with E-state index >= 15 is 8.78 Å². The molecule has 7 nitrogen and oxygen atoms in total. The molecular formula is C28H30F3N5O2S. The topological polar surface area (TPSA) is 117 Å². The number of pyridine rings is 1. The summed E-state index contributed by atoms with van der Waals surface area (Å²) in [6, 6.07) is 6.22. The van der Waals surface area contributed by atoms with Crippen LogP contribution in [-0.4, -0.2) is 29.2 Å². The Labute approximate surface area is 224 Å². The summed E-state index contributed by atoms with van der Waals surface area (Å²) in [6.07, 6.45) is 5.23. The van der Waals surface area contributed by atoms with Crippen molar-refractivity contribution in [1.29, 1.82) is 0 Å². The number of anilines is 1. The van der Waals surface area contributed by atoms with Crippen LogP contribution in [0.4, 0.5) is 19.0 Å². The monoisotopic (exact) mass is 557 g/mol. The molecule has 39 heavy (non-hydrogen) atoms. The fourth-order valence-electron chi connectivity index (χ4n) is 5.34. The smallest absolute Gasteiger partial charge is 0.182 e. The third-order valence-corrected chi connectivity index (χ3v) is 9.04. The number of aromatic nitrogens is 3. The molecule has 0 atom stereocenters. The summed E-state index contributed by atoms with van der Waals surface area (Å²) in [5.74, 6) is -3.04. The van der Waals surface area contributed by atoms with Crippen molar-refractivity contribution in [3.05, 3.63) is 71.2 Å². The maximum atomic E-state index is 15.6. The zero-order valence-corrected chi connectivity index (χ0v) is 22.5. The summed E-state index contributed by atoms with van der Waals surface area (Å²) >= 11 is 0. The van der Waals surface area contributed by atoms with E-state index in [0.29, 0.717) is 5.39 Å². The molecular weight excluding hydrogens is 527 g/mol. The van der Waals surface area contributed by atoms with Gasteiger partial charge in [-0.15, -0.1) is 0 Å². The second-order valence-corrected chi connectivity index (χ2v) is 12.5. The third-order valence-electron chi connectivity index (χ3n) is 7.38. The van der Waals surface area contributed by atoms with Gasteiger partial charge in [-0.05, 0) is 81.3 Å². The van der Waals surface area contributed by atoms with Gasteiger partial charge < -0.3 is 11.5 Å². The van der Waals surface area contributed by atoms with Crippen LogP contribution in [0.2, 0.25) is 0 Å². The minimum Gasteiger partial charge on any atom is -0.383 e. The predicted molar refractivity (Wildman–Crippen MR) is 144 cm³/mol. The summed E-state index contributed by atoms with van der Waals surface area (Å²) in [5, 5.41) is 5.08. The molecule has 0 unspecified atom stereocenters. The lowest BCUT2D eigenvalue weighted by atomic mass is 9.82. The Morgan fingerprint density at radius 2 is 1.77 bits per heavy atom. The van der Waals surface area contributed by atoms with Crippen molar-refractivity contribution in [2.24, 2.45) is 5.73 Å². The highest BCUT2D eigenvalue weighted by Gasteiger charge is 2.29. The number of benzene rings is 2. The van der Waals surface area contributed by atoms with Gasteiger partial charge in [0.2, 0.25) is 0 Å². The number of nitrogens with two attached hydrogens (primary N) is 2. The Morgan fingerprint density at radius 3 is 2.44 bits per heavy atom. The van der Waals surface area contributed by atoms with E-state index in [4.69, 9.17) is 11.5 Å². The number of nitrogen functional groups attached to an aromatic ring is 1. The lowest BCUT2D eigenvalue weighted by molar-refractivity contribution is 0.395. The number of fused-ring (bicyclic) bond motifs is 1. The van der Waals surface area contributed by atoms with Crippen LogP contribution in [0.3, 0.4) is 0 Å². The van der Waals surface area contributed by atoms with Crippen LogP contribution in [0.1, 0.15) is 62.6 Å². The molecule has 0 amide bonds. The van der Waals surface area contributed by atoms with Gasteiger partial charge in [-0.3, -0.25) is 4.68 Å². The highest BCUT2D eigenvalue weighted by Crippen LogP contribution is 2.42. The van der Waals surface area contributed by atoms with E-state index in [0.717, 1.165) is 61.0 Å². The van der Waals surface area contributed by atoms with E-state index < -0.39 is 33.0 Å². The van der Waals surface area contributed by atoms with Crippen molar-refractivity contribution in [1.82, 2.24) is 14.8 Å². The molecule has 0 aliphatic heterocycles. The van der Waals surface area contributed by atoms with Gasteiger partial charge in [-0.2, -0.15) is 5.10 Å². The second kappa shape index (κ2) is 10.3. The zero-order chi connectivity index (χ0) is 28.1. The average molecular weight is 558 g/mol. The molecule has 2 aromatic heterocycles. The van der Waals surface area contributed by atoms with Crippen LogP contribution in [0.5, 0.6) is 0 Å². The lowest BCUT2D eigenvalue weighted by Gasteiger charge is -2.27. The molecule has 2 aromatic carbocycles. The zero-order valence-electron chi connectivity index (χ0n) is 21.7. The summed E-state index contributed by atoms with van der Waals surface area (Å²) in [7, 11) is -4.13. The molecule has 4 aromatic rings. The standard InChI is InChI=1S/C28H30F3N5O2S/c1-15(2)36-27-22(16-6-8-19(32)9-7-16)13-34-28(33)25(27)26(35-36)21-12-23(30)17(10-24(21)31)14-39(37,38)20-5-3-4-18(29)11-20/h3-5,10-13,15-16,19H,6-9,14,32H2,1-2H3,(H2,33,34). The van der Waals surface area contributed by atoms with E-state index in [2.05, 4.69) is 10.1 Å². The van der Waals surface area contributed by atoms with Gasteiger partial charge in [0.25, 0.3) is 0 Å². The maximum absolute atomic E-state index is 15.6. The Morgan fingerprint density at radius 1 is 1.05 bits per heavy atom. The molecule has 206 valence electrons. The molecule has 1 fully saturated rings. The summed E-state index contributed by atoms with van der Waals surface area (Å²) < 4.78 is 71.8. The lowest BCUT2D eigenvalue weighted by Crippen LogP contribution is -2.26. The van der Waals surface area contributed by atoms with Crippen molar-refractivity contribution >= 4 is 26.6 Å².